The van der Waals surface area contributed by atoms with Crippen molar-refractivity contribution in [1.82, 2.24) is 10.3 Å². The predicted octanol–water partition coefficient (Wildman–Crippen LogP) is 6.67. The number of rotatable bonds is 8. The smallest absolute Gasteiger partial charge is 0.476 e. The van der Waals surface area contributed by atoms with Crippen molar-refractivity contribution in [3.63, 3.8) is 0 Å². The summed E-state index contributed by atoms with van der Waals surface area (Å²) in [6, 6.07) is 11.9. The Hall–Kier alpha value is -4.06. The van der Waals surface area contributed by atoms with Crippen LogP contribution >= 0.6 is 0 Å². The van der Waals surface area contributed by atoms with Gasteiger partial charge in [0.1, 0.15) is 17.2 Å². The second kappa shape index (κ2) is 9.79. The Morgan fingerprint density at radius 1 is 1.02 bits per heavy atom. The molecule has 0 spiro atoms. The minimum Gasteiger partial charge on any atom is -0.476 e. The molecule has 3 aliphatic rings. The maximum absolute atomic E-state index is 13.1. The van der Waals surface area contributed by atoms with Crippen molar-refractivity contribution >= 4 is 22.6 Å². The number of carbonyl (C=O) groups is 1. The number of anilines is 1. The van der Waals surface area contributed by atoms with Gasteiger partial charge in [-0.2, -0.15) is 0 Å². The van der Waals surface area contributed by atoms with Crippen LogP contribution in [0.25, 0.3) is 22.2 Å². The van der Waals surface area contributed by atoms with Gasteiger partial charge in [0.05, 0.1) is 18.1 Å². The summed E-state index contributed by atoms with van der Waals surface area (Å²) >= 11 is 0. The molecule has 2 bridgehead atoms. The van der Waals surface area contributed by atoms with E-state index >= 15 is 0 Å². The molecule has 1 N–H and O–H groups in total. The molecule has 0 amide bonds. The van der Waals surface area contributed by atoms with Crippen LogP contribution in [0.1, 0.15) is 66.3 Å². The first-order valence-electron chi connectivity index (χ1n) is 13.6. The lowest BCUT2D eigenvalue weighted by atomic mass is 9.98. The number of halogens is 3. The monoisotopic (exact) mass is 569 g/mol. The van der Waals surface area contributed by atoms with E-state index in [1.165, 1.54) is 12.1 Å². The van der Waals surface area contributed by atoms with Crippen LogP contribution in [0.15, 0.2) is 51.5 Å². The molecule has 2 aromatic heterocycles. The number of fused-ring (bicyclic) bond motifs is 3. The highest BCUT2D eigenvalue weighted by Gasteiger charge is 2.42. The standard InChI is InChI=1S/C29H26F3N3O6/c30-29(31,32)39-23-4-2-1-3-20(23)25-22(27(41-33-25)15-5-6-15)14-38-19-11-16-7-8-17(12-19)35(16)18-9-10-21-24(13-18)40-34-26(21)28(36)37/h1-4,9-10,13,15-17,19H,5-8,11-12,14H2,(H,36,37). The van der Waals surface area contributed by atoms with Crippen LogP contribution in [-0.4, -0.2) is 45.9 Å². The molecule has 2 aliphatic heterocycles. The van der Waals surface area contributed by atoms with Crippen molar-refractivity contribution in [3.8, 4) is 17.0 Å². The first kappa shape index (κ1) is 25.9. The number of aromatic nitrogens is 2. The quantitative estimate of drug-likeness (QED) is 0.249. The van der Waals surface area contributed by atoms with Gasteiger partial charge < -0.3 is 28.5 Å². The third-order valence-corrected chi connectivity index (χ3v) is 8.24. The Morgan fingerprint density at radius 3 is 2.49 bits per heavy atom. The number of benzene rings is 2. The van der Waals surface area contributed by atoms with E-state index in [2.05, 4.69) is 20.0 Å². The second-order valence-electron chi connectivity index (χ2n) is 10.9. The maximum Gasteiger partial charge on any atom is 0.573 e. The van der Waals surface area contributed by atoms with E-state index in [1.807, 2.05) is 12.1 Å². The van der Waals surface area contributed by atoms with Crippen molar-refractivity contribution in [2.45, 2.75) is 75.6 Å². The molecule has 7 rings (SSSR count). The van der Waals surface area contributed by atoms with Gasteiger partial charge in [0, 0.05) is 40.9 Å². The number of ether oxygens (including phenoxy) is 2. The summed E-state index contributed by atoms with van der Waals surface area (Å²) in [5.74, 6) is -0.603. The number of carboxylic acid groups (broad SMARTS) is 1. The fraction of sp³-hybridized carbons (Fsp3) is 0.414. The second-order valence-corrected chi connectivity index (χ2v) is 10.9. The Morgan fingerprint density at radius 2 is 1.78 bits per heavy atom. The molecule has 4 heterocycles. The molecule has 0 radical (unpaired) electrons. The van der Waals surface area contributed by atoms with Crippen molar-refractivity contribution in [1.29, 1.82) is 0 Å². The minimum absolute atomic E-state index is 0.0483. The van der Waals surface area contributed by atoms with Crippen molar-refractivity contribution in [2.75, 3.05) is 4.90 Å². The third kappa shape index (κ3) is 4.90. The number of piperidine rings is 1. The van der Waals surface area contributed by atoms with Gasteiger partial charge in [-0.25, -0.2) is 4.79 Å². The van der Waals surface area contributed by atoms with Crippen LogP contribution in [0.2, 0.25) is 0 Å². The number of carboxylic acids is 1. The lowest BCUT2D eigenvalue weighted by molar-refractivity contribution is -0.274. The summed E-state index contributed by atoms with van der Waals surface area (Å²) in [4.78, 5) is 13.7. The number of nitrogens with zero attached hydrogens (tertiary/aromatic N) is 3. The summed E-state index contributed by atoms with van der Waals surface area (Å²) in [7, 11) is 0. The van der Waals surface area contributed by atoms with Crippen LogP contribution in [-0.2, 0) is 11.3 Å². The molecule has 214 valence electrons. The Bertz CT molecular complexity index is 1600. The Balaban J connectivity index is 1.09. The molecule has 3 fully saturated rings. The van der Waals surface area contributed by atoms with E-state index in [-0.39, 0.29) is 47.7 Å². The molecular weight excluding hydrogens is 543 g/mol. The average molecular weight is 570 g/mol. The zero-order chi connectivity index (χ0) is 28.3. The van der Waals surface area contributed by atoms with Gasteiger partial charge in [-0.05, 0) is 62.8 Å². The van der Waals surface area contributed by atoms with Crippen LogP contribution in [0, 0.1) is 0 Å². The lowest BCUT2D eigenvalue weighted by Crippen LogP contribution is -2.45. The minimum atomic E-state index is -4.83. The highest BCUT2D eigenvalue weighted by molar-refractivity contribution is 6.00. The van der Waals surface area contributed by atoms with Gasteiger partial charge in [-0.15, -0.1) is 13.2 Å². The SMILES string of the molecule is O=C(O)c1noc2cc(N3C4CCC3CC(OCc3c(-c5ccccc5OC(F)(F)F)noc3C3CC3)C4)ccc12. The summed E-state index contributed by atoms with van der Waals surface area (Å²) in [6.45, 7) is 0.178. The zero-order valence-electron chi connectivity index (χ0n) is 21.8. The fourth-order valence-electron chi connectivity index (χ4n) is 6.34. The van der Waals surface area contributed by atoms with E-state index in [1.54, 1.807) is 18.2 Å². The van der Waals surface area contributed by atoms with Crippen LogP contribution in [0.4, 0.5) is 18.9 Å². The largest absolute Gasteiger partial charge is 0.573 e. The predicted molar refractivity (Wildman–Crippen MR) is 139 cm³/mol. The maximum atomic E-state index is 13.1. The summed E-state index contributed by atoms with van der Waals surface area (Å²) in [5.41, 5.74) is 2.48. The number of hydrogen-bond acceptors (Lipinski definition) is 8. The summed E-state index contributed by atoms with van der Waals surface area (Å²) < 4.78 is 60.9. The van der Waals surface area contributed by atoms with E-state index in [0.717, 1.165) is 44.2 Å². The van der Waals surface area contributed by atoms with Gasteiger partial charge in [0.15, 0.2) is 11.3 Å². The van der Waals surface area contributed by atoms with Gasteiger partial charge in [-0.1, -0.05) is 22.4 Å². The molecule has 12 heteroatoms. The van der Waals surface area contributed by atoms with Gasteiger partial charge >= 0.3 is 12.3 Å². The van der Waals surface area contributed by atoms with Gasteiger partial charge in [-0.3, -0.25) is 0 Å². The highest BCUT2D eigenvalue weighted by atomic mass is 19.4. The van der Waals surface area contributed by atoms with E-state index < -0.39 is 12.3 Å². The van der Waals surface area contributed by atoms with E-state index in [0.29, 0.717) is 28.0 Å². The Labute approximate surface area is 231 Å². The molecule has 4 aromatic rings. The highest BCUT2D eigenvalue weighted by Crippen LogP contribution is 2.46. The average Bonchev–Trinajstić information content (AvgIpc) is 3.44. The lowest BCUT2D eigenvalue weighted by Gasteiger charge is -2.40. The number of para-hydroxylation sites is 1. The molecular formula is C29H26F3N3O6. The van der Waals surface area contributed by atoms with Crippen LogP contribution < -0.4 is 9.64 Å². The fourth-order valence-corrected chi connectivity index (χ4v) is 6.34. The molecule has 2 unspecified atom stereocenters. The first-order chi connectivity index (χ1) is 19.7. The molecule has 1 saturated carbocycles. The molecule has 9 nitrogen and oxygen atoms in total. The topological polar surface area (TPSA) is 111 Å². The first-order valence-corrected chi connectivity index (χ1v) is 13.6. The van der Waals surface area contributed by atoms with Crippen molar-refractivity contribution < 1.29 is 41.6 Å². The third-order valence-electron chi connectivity index (χ3n) is 8.24. The summed E-state index contributed by atoms with van der Waals surface area (Å²) in [5, 5.41) is 17.6. The molecule has 2 saturated heterocycles. The van der Waals surface area contributed by atoms with Crippen LogP contribution in [0.5, 0.6) is 5.75 Å². The van der Waals surface area contributed by atoms with Crippen LogP contribution in [0.3, 0.4) is 0 Å². The zero-order valence-corrected chi connectivity index (χ0v) is 21.8. The molecule has 41 heavy (non-hydrogen) atoms. The number of alkyl halides is 3. The van der Waals surface area contributed by atoms with E-state index in [9.17, 15) is 23.1 Å². The van der Waals surface area contributed by atoms with Crippen molar-refractivity contribution in [2.24, 2.45) is 0 Å². The van der Waals surface area contributed by atoms with E-state index in [4.69, 9.17) is 13.8 Å². The summed E-state index contributed by atoms with van der Waals surface area (Å²) in [6.07, 6.45) is 0.535. The molecule has 1 aliphatic carbocycles. The number of aromatic carboxylic acids is 1. The Kier molecular flexibility index (Phi) is 6.18. The molecule has 2 atom stereocenters. The van der Waals surface area contributed by atoms with Gasteiger partial charge in [0.2, 0.25) is 0 Å². The van der Waals surface area contributed by atoms with Gasteiger partial charge in [0.25, 0.3) is 0 Å². The number of hydrogen-bond donors (Lipinski definition) is 1. The van der Waals surface area contributed by atoms with Crippen molar-refractivity contribution in [3.05, 3.63) is 59.5 Å². The normalized spacial score (nSPS) is 22.4. The molecule has 2 aromatic carbocycles.